The van der Waals surface area contributed by atoms with Crippen molar-refractivity contribution in [2.45, 2.75) is 26.7 Å². The van der Waals surface area contributed by atoms with Gasteiger partial charge in [0.1, 0.15) is 0 Å². The summed E-state index contributed by atoms with van der Waals surface area (Å²) in [5.41, 5.74) is 3.90. The Morgan fingerprint density at radius 3 is 2.41 bits per heavy atom. The average molecular weight is 500 g/mol. The van der Waals surface area contributed by atoms with Crippen LogP contribution in [0.25, 0.3) is 0 Å². The molecule has 5 nitrogen and oxygen atoms in total. The van der Waals surface area contributed by atoms with Crippen molar-refractivity contribution in [3.63, 3.8) is 0 Å². The van der Waals surface area contributed by atoms with Gasteiger partial charge in [-0.3, -0.25) is 19.3 Å². The van der Waals surface area contributed by atoms with E-state index in [2.05, 4.69) is 34.0 Å². The number of allylic oxidation sites excluding steroid dienone is 2. The summed E-state index contributed by atoms with van der Waals surface area (Å²) in [5.74, 6) is -1.04. The molecule has 1 N–H and O–H groups in total. The minimum atomic E-state index is -0.266. The van der Waals surface area contributed by atoms with Gasteiger partial charge in [-0.25, -0.2) is 0 Å². The zero-order valence-corrected chi connectivity index (χ0v) is 18.4. The van der Waals surface area contributed by atoms with E-state index in [9.17, 15) is 14.4 Å². The van der Waals surface area contributed by atoms with Crippen LogP contribution in [0.4, 0.5) is 11.4 Å². The maximum Gasteiger partial charge on any atom is 0.255 e. The van der Waals surface area contributed by atoms with Crippen LogP contribution in [0.3, 0.4) is 0 Å². The van der Waals surface area contributed by atoms with Crippen LogP contribution in [0.1, 0.15) is 35.7 Å². The number of anilines is 2. The lowest BCUT2D eigenvalue weighted by atomic mass is 9.82. The molecule has 3 amide bonds. The van der Waals surface area contributed by atoms with Gasteiger partial charge in [-0.1, -0.05) is 11.6 Å². The lowest BCUT2D eigenvalue weighted by Gasteiger charge is -2.18. The second kappa shape index (κ2) is 7.74. The standard InChI is InChI=1S/C23H21IN2O3/c1-13-3-9-18-19(11-13)23(29)26(22(18)28)17-7-4-15(5-8-17)21(27)25-20-10-6-16(24)12-14(20)2/h3-8,10,12,18-19H,9,11H2,1-2H3,(H,25,27)/t18-,19-/m0/s1. The van der Waals surface area contributed by atoms with Crippen LogP contribution in [-0.4, -0.2) is 17.7 Å². The Labute approximate surface area is 183 Å². The third-order valence-electron chi connectivity index (χ3n) is 5.65. The minimum absolute atomic E-state index is 0.140. The van der Waals surface area contributed by atoms with E-state index in [1.165, 1.54) is 4.90 Å². The Kier molecular flexibility index (Phi) is 5.29. The van der Waals surface area contributed by atoms with Gasteiger partial charge < -0.3 is 5.32 Å². The van der Waals surface area contributed by atoms with Crippen LogP contribution in [-0.2, 0) is 9.59 Å². The van der Waals surface area contributed by atoms with Gasteiger partial charge in [-0.2, -0.15) is 0 Å². The summed E-state index contributed by atoms with van der Waals surface area (Å²) < 4.78 is 1.10. The van der Waals surface area contributed by atoms with Crippen LogP contribution >= 0.6 is 22.6 Å². The predicted molar refractivity (Wildman–Crippen MR) is 121 cm³/mol. The Bertz CT molecular complexity index is 1040. The molecular weight excluding hydrogens is 479 g/mol. The van der Waals surface area contributed by atoms with Crippen LogP contribution in [0.15, 0.2) is 54.1 Å². The molecule has 1 aliphatic heterocycles. The Hall–Kier alpha value is -2.48. The summed E-state index contributed by atoms with van der Waals surface area (Å²) >= 11 is 2.23. The molecule has 148 valence electrons. The van der Waals surface area contributed by atoms with Crippen molar-refractivity contribution in [1.29, 1.82) is 0 Å². The van der Waals surface area contributed by atoms with Crippen molar-refractivity contribution in [2.75, 3.05) is 10.2 Å². The van der Waals surface area contributed by atoms with Crippen molar-refractivity contribution in [1.82, 2.24) is 0 Å². The minimum Gasteiger partial charge on any atom is -0.322 e. The number of imide groups is 1. The monoisotopic (exact) mass is 500 g/mol. The number of nitrogens with one attached hydrogen (secondary N) is 1. The fourth-order valence-corrected chi connectivity index (χ4v) is 4.66. The zero-order chi connectivity index (χ0) is 20.7. The van der Waals surface area contributed by atoms with Gasteiger partial charge in [0.2, 0.25) is 11.8 Å². The molecule has 2 aromatic rings. The number of nitrogens with zero attached hydrogens (tertiary/aromatic N) is 1. The van der Waals surface area contributed by atoms with Gasteiger partial charge in [0.05, 0.1) is 17.5 Å². The molecule has 0 spiro atoms. The fraction of sp³-hybridized carbons (Fsp3) is 0.261. The van der Waals surface area contributed by atoms with E-state index in [-0.39, 0.29) is 29.6 Å². The zero-order valence-electron chi connectivity index (χ0n) is 16.2. The van der Waals surface area contributed by atoms with Gasteiger partial charge in [-0.15, -0.1) is 0 Å². The number of carbonyl (C=O) groups excluding carboxylic acids is 3. The number of carbonyl (C=O) groups is 3. The smallest absolute Gasteiger partial charge is 0.255 e. The number of hydrogen-bond donors (Lipinski definition) is 1. The number of fused-ring (bicyclic) bond motifs is 1. The summed E-state index contributed by atoms with van der Waals surface area (Å²) in [6.45, 7) is 3.95. The van der Waals surface area contributed by atoms with Gasteiger partial charge in [0.25, 0.3) is 5.91 Å². The van der Waals surface area contributed by atoms with E-state index in [1.807, 2.05) is 32.0 Å². The third kappa shape index (κ3) is 3.73. The molecule has 1 heterocycles. The normalized spacial score (nSPS) is 21.1. The molecule has 4 rings (SSSR count). The highest BCUT2D eigenvalue weighted by atomic mass is 127. The molecule has 1 saturated heterocycles. The lowest BCUT2D eigenvalue weighted by molar-refractivity contribution is -0.122. The van der Waals surface area contributed by atoms with Gasteiger partial charge in [0, 0.05) is 14.8 Å². The SMILES string of the molecule is CC1=CC[C@@H]2C(=O)N(c3ccc(C(=O)Nc4ccc(I)cc4C)cc3)C(=O)[C@H]2C1. The number of amides is 3. The summed E-state index contributed by atoms with van der Waals surface area (Å²) in [4.78, 5) is 39.5. The molecule has 0 aromatic heterocycles. The van der Waals surface area contributed by atoms with E-state index in [0.29, 0.717) is 24.1 Å². The first-order valence-corrected chi connectivity index (χ1v) is 10.6. The second-order valence-electron chi connectivity index (χ2n) is 7.68. The Morgan fingerprint density at radius 1 is 1.03 bits per heavy atom. The highest BCUT2D eigenvalue weighted by Crippen LogP contribution is 2.39. The molecule has 1 aliphatic carbocycles. The van der Waals surface area contributed by atoms with E-state index >= 15 is 0 Å². The highest BCUT2D eigenvalue weighted by Gasteiger charge is 2.48. The first-order valence-electron chi connectivity index (χ1n) is 9.56. The van der Waals surface area contributed by atoms with Crippen LogP contribution in [0.2, 0.25) is 0 Å². The molecule has 29 heavy (non-hydrogen) atoms. The highest BCUT2D eigenvalue weighted by molar-refractivity contribution is 14.1. The first kappa shape index (κ1) is 19.8. The summed E-state index contributed by atoms with van der Waals surface area (Å²) in [7, 11) is 0. The van der Waals surface area contributed by atoms with Crippen molar-refractivity contribution in [2.24, 2.45) is 11.8 Å². The summed E-state index contributed by atoms with van der Waals surface area (Å²) in [6.07, 6.45) is 3.31. The molecule has 2 aliphatic rings. The molecule has 2 atom stereocenters. The first-order chi connectivity index (χ1) is 13.8. The van der Waals surface area contributed by atoms with Gasteiger partial charge in [-0.05, 0) is 97.3 Å². The Balaban J connectivity index is 1.51. The number of halogens is 1. The van der Waals surface area contributed by atoms with E-state index < -0.39 is 0 Å². The van der Waals surface area contributed by atoms with Crippen molar-refractivity contribution in [3.05, 3.63) is 68.8 Å². The van der Waals surface area contributed by atoms with Crippen LogP contribution in [0.5, 0.6) is 0 Å². The van der Waals surface area contributed by atoms with Crippen molar-refractivity contribution >= 4 is 51.7 Å². The third-order valence-corrected chi connectivity index (χ3v) is 6.32. The summed E-state index contributed by atoms with van der Waals surface area (Å²) in [5, 5.41) is 2.91. The van der Waals surface area contributed by atoms with E-state index in [0.717, 1.165) is 20.4 Å². The van der Waals surface area contributed by atoms with E-state index in [4.69, 9.17) is 0 Å². The molecule has 6 heteroatoms. The van der Waals surface area contributed by atoms with Crippen molar-refractivity contribution in [3.8, 4) is 0 Å². The quantitative estimate of drug-likeness (QED) is 0.378. The van der Waals surface area contributed by atoms with E-state index in [1.54, 1.807) is 24.3 Å². The number of rotatable bonds is 3. The fourth-order valence-electron chi connectivity index (χ4n) is 4.02. The molecule has 1 fully saturated rings. The van der Waals surface area contributed by atoms with Crippen LogP contribution in [0, 0.1) is 22.3 Å². The number of hydrogen-bond acceptors (Lipinski definition) is 3. The molecule has 0 unspecified atom stereocenters. The molecule has 0 saturated carbocycles. The van der Waals surface area contributed by atoms with Gasteiger partial charge >= 0.3 is 0 Å². The summed E-state index contributed by atoms with van der Waals surface area (Å²) in [6, 6.07) is 12.5. The molecule has 0 radical (unpaired) electrons. The molecule has 2 aromatic carbocycles. The molecule has 0 bridgehead atoms. The number of benzene rings is 2. The maximum atomic E-state index is 12.8. The average Bonchev–Trinajstić information content (AvgIpc) is 2.94. The molecular formula is C23H21IN2O3. The largest absolute Gasteiger partial charge is 0.322 e. The second-order valence-corrected chi connectivity index (χ2v) is 8.92. The topological polar surface area (TPSA) is 66.5 Å². The van der Waals surface area contributed by atoms with Crippen molar-refractivity contribution < 1.29 is 14.4 Å². The lowest BCUT2D eigenvalue weighted by Crippen LogP contribution is -2.30. The van der Waals surface area contributed by atoms with Gasteiger partial charge in [0.15, 0.2) is 0 Å². The van der Waals surface area contributed by atoms with Crippen LogP contribution < -0.4 is 10.2 Å². The Morgan fingerprint density at radius 2 is 1.72 bits per heavy atom. The number of aryl methyl sites for hydroxylation is 1. The maximum absolute atomic E-state index is 12.8. The predicted octanol–water partition coefficient (Wildman–Crippen LogP) is 4.70.